The first-order chi connectivity index (χ1) is 15.6. The molecular formula is C24H22O8. The molecule has 0 amide bonds. The van der Waals surface area contributed by atoms with Crippen molar-refractivity contribution in [3.63, 3.8) is 0 Å². The molecule has 3 rings (SSSR count). The van der Waals surface area contributed by atoms with Crippen LogP contribution in [0.4, 0.5) is 0 Å². The van der Waals surface area contributed by atoms with E-state index in [2.05, 4.69) is 0 Å². The molecular weight excluding hydrogens is 416 g/mol. The van der Waals surface area contributed by atoms with Crippen LogP contribution in [0.15, 0.2) is 72.8 Å². The number of esters is 2. The molecule has 0 saturated carbocycles. The quantitative estimate of drug-likeness (QED) is 0.350. The molecule has 0 N–H and O–H groups in total. The van der Waals surface area contributed by atoms with E-state index in [0.29, 0.717) is 23.0 Å². The molecule has 0 aliphatic heterocycles. The first-order valence-electron chi connectivity index (χ1n) is 9.61. The molecule has 0 bridgehead atoms. The SMILES string of the molecule is COc1ccc(OC(=O)COc2ccccc2OCC(=O)Oc2ccc(OC)cc2)cc1. The van der Waals surface area contributed by atoms with Gasteiger partial charge in [0.05, 0.1) is 14.2 Å². The number of carbonyl (C=O) groups is 2. The Bertz CT molecular complexity index is 944. The average Bonchev–Trinajstić information content (AvgIpc) is 2.83. The van der Waals surface area contributed by atoms with Crippen molar-refractivity contribution < 1.29 is 38.0 Å². The summed E-state index contributed by atoms with van der Waals surface area (Å²) in [6.45, 7) is -0.689. The van der Waals surface area contributed by atoms with Crippen LogP contribution >= 0.6 is 0 Å². The van der Waals surface area contributed by atoms with E-state index in [1.54, 1.807) is 87.0 Å². The summed E-state index contributed by atoms with van der Waals surface area (Å²) in [5.41, 5.74) is 0. The normalized spacial score (nSPS) is 10.1. The lowest BCUT2D eigenvalue weighted by molar-refractivity contribution is -0.138. The Hall–Kier alpha value is -4.20. The molecule has 0 heterocycles. The fourth-order valence-corrected chi connectivity index (χ4v) is 2.57. The zero-order chi connectivity index (χ0) is 22.8. The number of carbonyl (C=O) groups excluding carboxylic acids is 2. The van der Waals surface area contributed by atoms with E-state index in [4.69, 9.17) is 28.4 Å². The second kappa shape index (κ2) is 11.3. The third-order valence-electron chi connectivity index (χ3n) is 4.12. The zero-order valence-corrected chi connectivity index (χ0v) is 17.6. The molecule has 8 heteroatoms. The lowest BCUT2D eigenvalue weighted by Gasteiger charge is -2.12. The van der Waals surface area contributed by atoms with Gasteiger partial charge in [0.25, 0.3) is 0 Å². The monoisotopic (exact) mass is 438 g/mol. The zero-order valence-electron chi connectivity index (χ0n) is 17.6. The van der Waals surface area contributed by atoms with Gasteiger partial charge in [0.2, 0.25) is 0 Å². The maximum atomic E-state index is 12.1. The van der Waals surface area contributed by atoms with E-state index >= 15 is 0 Å². The van der Waals surface area contributed by atoms with Crippen molar-refractivity contribution in [1.82, 2.24) is 0 Å². The lowest BCUT2D eigenvalue weighted by atomic mass is 10.3. The number of para-hydroxylation sites is 2. The van der Waals surface area contributed by atoms with Gasteiger partial charge in [-0.05, 0) is 60.7 Å². The standard InChI is InChI=1S/C24H22O8/c1-27-17-7-11-19(12-8-17)31-23(25)15-29-21-5-3-4-6-22(21)30-16-24(26)32-20-13-9-18(28-2)10-14-20/h3-14H,15-16H2,1-2H3. The van der Waals surface area contributed by atoms with Crippen LogP contribution in [-0.2, 0) is 9.59 Å². The topological polar surface area (TPSA) is 89.5 Å². The highest BCUT2D eigenvalue weighted by Gasteiger charge is 2.12. The van der Waals surface area contributed by atoms with Crippen LogP contribution < -0.4 is 28.4 Å². The molecule has 3 aromatic rings. The predicted octanol–water partition coefficient (Wildman–Crippen LogP) is 3.67. The Labute approximate surface area is 185 Å². The highest BCUT2D eigenvalue weighted by Crippen LogP contribution is 2.27. The molecule has 0 radical (unpaired) electrons. The van der Waals surface area contributed by atoms with Crippen LogP contribution in [0.1, 0.15) is 0 Å². The molecule has 32 heavy (non-hydrogen) atoms. The molecule has 0 aromatic heterocycles. The van der Waals surface area contributed by atoms with Crippen LogP contribution in [0.2, 0.25) is 0 Å². The van der Waals surface area contributed by atoms with E-state index < -0.39 is 11.9 Å². The highest BCUT2D eigenvalue weighted by atomic mass is 16.6. The first-order valence-corrected chi connectivity index (χ1v) is 9.61. The van der Waals surface area contributed by atoms with Gasteiger partial charge in [-0.25, -0.2) is 9.59 Å². The molecule has 0 atom stereocenters. The summed E-state index contributed by atoms with van der Waals surface area (Å²) in [7, 11) is 3.10. The molecule has 8 nitrogen and oxygen atoms in total. The smallest absolute Gasteiger partial charge is 0.349 e. The number of methoxy groups -OCH3 is 2. The second-order valence-corrected chi connectivity index (χ2v) is 6.32. The first kappa shape index (κ1) is 22.5. The number of hydrogen-bond donors (Lipinski definition) is 0. The van der Waals surface area contributed by atoms with Crippen molar-refractivity contribution in [3.05, 3.63) is 72.8 Å². The largest absolute Gasteiger partial charge is 0.497 e. The minimum absolute atomic E-state index is 0.288. The third kappa shape index (κ3) is 6.66. The number of hydrogen-bond acceptors (Lipinski definition) is 8. The van der Waals surface area contributed by atoms with Gasteiger partial charge in [-0.2, -0.15) is 0 Å². The molecule has 166 valence electrons. The van der Waals surface area contributed by atoms with Crippen LogP contribution in [0.5, 0.6) is 34.5 Å². The van der Waals surface area contributed by atoms with E-state index in [1.165, 1.54) is 0 Å². The Balaban J connectivity index is 1.49. The molecule has 0 fully saturated rings. The summed E-state index contributed by atoms with van der Waals surface area (Å²) < 4.78 is 31.5. The molecule has 0 unspecified atom stereocenters. The molecule has 3 aromatic carbocycles. The van der Waals surface area contributed by atoms with Crippen molar-refractivity contribution in [2.45, 2.75) is 0 Å². The van der Waals surface area contributed by atoms with Crippen LogP contribution in [-0.4, -0.2) is 39.4 Å². The maximum Gasteiger partial charge on any atom is 0.349 e. The second-order valence-electron chi connectivity index (χ2n) is 6.32. The Morgan fingerprint density at radius 1 is 0.562 bits per heavy atom. The van der Waals surface area contributed by atoms with Gasteiger partial charge in [0.15, 0.2) is 24.7 Å². The fourth-order valence-electron chi connectivity index (χ4n) is 2.57. The average molecular weight is 438 g/mol. The summed E-state index contributed by atoms with van der Waals surface area (Å²) >= 11 is 0. The Morgan fingerprint density at radius 2 is 0.906 bits per heavy atom. The van der Waals surface area contributed by atoms with Crippen molar-refractivity contribution in [3.8, 4) is 34.5 Å². The van der Waals surface area contributed by atoms with E-state index in [9.17, 15) is 9.59 Å². The van der Waals surface area contributed by atoms with Gasteiger partial charge >= 0.3 is 11.9 Å². The molecule has 0 aliphatic carbocycles. The number of benzene rings is 3. The Kier molecular flexibility index (Phi) is 7.91. The van der Waals surface area contributed by atoms with Crippen molar-refractivity contribution in [2.24, 2.45) is 0 Å². The Morgan fingerprint density at radius 3 is 1.25 bits per heavy atom. The summed E-state index contributed by atoms with van der Waals surface area (Å²) in [6, 6.07) is 19.8. The summed E-state index contributed by atoms with van der Waals surface area (Å²) in [4.78, 5) is 24.1. The van der Waals surface area contributed by atoms with Crippen LogP contribution in [0.25, 0.3) is 0 Å². The summed E-state index contributed by atoms with van der Waals surface area (Å²) in [6.07, 6.45) is 0. The number of rotatable bonds is 10. The van der Waals surface area contributed by atoms with E-state index in [-0.39, 0.29) is 24.7 Å². The van der Waals surface area contributed by atoms with E-state index in [0.717, 1.165) is 0 Å². The molecule has 0 aliphatic rings. The summed E-state index contributed by atoms with van der Waals surface area (Å²) in [5.74, 6) is 1.42. The minimum Gasteiger partial charge on any atom is -0.497 e. The lowest BCUT2D eigenvalue weighted by Crippen LogP contribution is -2.19. The summed E-state index contributed by atoms with van der Waals surface area (Å²) in [5, 5.41) is 0. The molecule has 0 spiro atoms. The maximum absolute atomic E-state index is 12.1. The number of ether oxygens (including phenoxy) is 6. The fraction of sp³-hybridized carbons (Fsp3) is 0.167. The van der Waals surface area contributed by atoms with Crippen molar-refractivity contribution in [1.29, 1.82) is 0 Å². The van der Waals surface area contributed by atoms with Crippen LogP contribution in [0, 0.1) is 0 Å². The van der Waals surface area contributed by atoms with Gasteiger partial charge in [-0.15, -0.1) is 0 Å². The van der Waals surface area contributed by atoms with Gasteiger partial charge in [-0.1, -0.05) is 12.1 Å². The predicted molar refractivity (Wildman–Crippen MR) is 115 cm³/mol. The van der Waals surface area contributed by atoms with Crippen molar-refractivity contribution >= 4 is 11.9 Å². The van der Waals surface area contributed by atoms with Gasteiger partial charge in [-0.3, -0.25) is 0 Å². The minimum atomic E-state index is -0.594. The highest BCUT2D eigenvalue weighted by molar-refractivity contribution is 5.75. The van der Waals surface area contributed by atoms with Crippen LogP contribution in [0.3, 0.4) is 0 Å². The third-order valence-corrected chi connectivity index (χ3v) is 4.12. The van der Waals surface area contributed by atoms with Gasteiger partial charge in [0.1, 0.15) is 23.0 Å². The van der Waals surface area contributed by atoms with Gasteiger partial charge < -0.3 is 28.4 Å². The van der Waals surface area contributed by atoms with E-state index in [1.807, 2.05) is 0 Å². The molecule has 0 saturated heterocycles. The van der Waals surface area contributed by atoms with Crippen molar-refractivity contribution in [2.75, 3.05) is 27.4 Å². The van der Waals surface area contributed by atoms with Gasteiger partial charge in [0, 0.05) is 0 Å².